The number of hydrogen-bond acceptors (Lipinski definition) is 3. The van der Waals surface area contributed by atoms with Gasteiger partial charge in [-0.25, -0.2) is 9.78 Å². The minimum Gasteiger partial charge on any atom is -0.477 e. The molecular weight excluding hydrogens is 256 g/mol. The molecule has 2 N–H and O–H groups in total. The number of benzene rings is 1. The lowest BCUT2D eigenvalue weighted by Gasteiger charge is -2.23. The van der Waals surface area contributed by atoms with Crippen LogP contribution in [0.3, 0.4) is 0 Å². The second-order valence-electron chi connectivity index (χ2n) is 5.02. The van der Waals surface area contributed by atoms with Gasteiger partial charge in [-0.15, -0.1) is 0 Å². The van der Waals surface area contributed by atoms with Crippen LogP contribution < -0.4 is 5.56 Å². The van der Waals surface area contributed by atoms with Crippen molar-refractivity contribution >= 4 is 5.97 Å². The highest BCUT2D eigenvalue weighted by Gasteiger charge is 2.22. The van der Waals surface area contributed by atoms with Crippen LogP contribution in [0.2, 0.25) is 0 Å². The van der Waals surface area contributed by atoms with Gasteiger partial charge in [0.25, 0.3) is 5.56 Å². The van der Waals surface area contributed by atoms with Crippen molar-refractivity contribution in [1.29, 1.82) is 0 Å². The van der Waals surface area contributed by atoms with Gasteiger partial charge in [0.1, 0.15) is 11.4 Å². The van der Waals surface area contributed by atoms with Gasteiger partial charge in [0.2, 0.25) is 0 Å². The summed E-state index contributed by atoms with van der Waals surface area (Å²) in [6.45, 7) is 0. The summed E-state index contributed by atoms with van der Waals surface area (Å²) in [6, 6.07) is 8.24. The van der Waals surface area contributed by atoms with E-state index in [1.165, 1.54) is 11.1 Å². The summed E-state index contributed by atoms with van der Waals surface area (Å²) in [6.07, 6.45) is 3.83. The highest BCUT2D eigenvalue weighted by atomic mass is 16.4. The lowest BCUT2D eigenvalue weighted by Crippen LogP contribution is -2.23. The first-order valence-electron chi connectivity index (χ1n) is 6.54. The second-order valence-corrected chi connectivity index (χ2v) is 5.02. The molecule has 0 radical (unpaired) electrons. The zero-order valence-electron chi connectivity index (χ0n) is 10.8. The molecule has 1 aromatic heterocycles. The number of H-pyrrole nitrogens is 1. The number of nitrogens with one attached hydrogen (secondary N) is 1. The fraction of sp³-hybridized carbons (Fsp3) is 0.267. The maximum absolute atomic E-state index is 11.7. The Morgan fingerprint density at radius 3 is 2.75 bits per heavy atom. The van der Waals surface area contributed by atoms with Crippen LogP contribution in [-0.4, -0.2) is 21.0 Å². The number of carboxylic acid groups (broad SMARTS) is 1. The number of aromatic carboxylic acids is 1. The molecule has 20 heavy (non-hydrogen) atoms. The van der Waals surface area contributed by atoms with Gasteiger partial charge in [-0.3, -0.25) is 4.79 Å². The van der Waals surface area contributed by atoms with Crippen LogP contribution in [0.1, 0.15) is 39.6 Å². The number of nitrogens with zero attached hydrogens (tertiary/aromatic N) is 1. The first-order valence-corrected chi connectivity index (χ1v) is 6.54. The monoisotopic (exact) mass is 270 g/mol. The van der Waals surface area contributed by atoms with Crippen LogP contribution in [0.5, 0.6) is 0 Å². The number of rotatable bonds is 2. The fourth-order valence-electron chi connectivity index (χ4n) is 2.70. The molecule has 102 valence electrons. The maximum Gasteiger partial charge on any atom is 0.342 e. The lowest BCUT2D eigenvalue weighted by atomic mass is 9.83. The summed E-state index contributed by atoms with van der Waals surface area (Å²) in [5.41, 5.74) is 1.72. The lowest BCUT2D eigenvalue weighted by molar-refractivity contribution is 0.0694. The number of aryl methyl sites for hydroxylation is 1. The van der Waals surface area contributed by atoms with Gasteiger partial charge in [0.05, 0.1) is 0 Å². The fourth-order valence-corrected chi connectivity index (χ4v) is 2.70. The molecule has 0 saturated heterocycles. The Labute approximate surface area is 115 Å². The van der Waals surface area contributed by atoms with Crippen molar-refractivity contribution in [2.45, 2.75) is 25.2 Å². The number of aromatic nitrogens is 2. The average molecular weight is 270 g/mol. The molecule has 1 aliphatic carbocycles. The Hall–Kier alpha value is -2.43. The maximum atomic E-state index is 11.7. The Morgan fingerprint density at radius 2 is 2.05 bits per heavy atom. The van der Waals surface area contributed by atoms with Gasteiger partial charge in [-0.1, -0.05) is 24.3 Å². The summed E-state index contributed by atoms with van der Waals surface area (Å²) in [5.74, 6) is -0.533. The topological polar surface area (TPSA) is 83.0 Å². The summed E-state index contributed by atoms with van der Waals surface area (Å²) < 4.78 is 0. The zero-order chi connectivity index (χ0) is 14.1. The van der Waals surface area contributed by atoms with Crippen LogP contribution in [0.4, 0.5) is 0 Å². The van der Waals surface area contributed by atoms with E-state index in [-0.39, 0.29) is 11.5 Å². The number of fused-ring (bicyclic) bond motifs is 1. The molecular formula is C15H14N2O3. The predicted molar refractivity (Wildman–Crippen MR) is 73.0 cm³/mol. The average Bonchev–Trinajstić information content (AvgIpc) is 2.46. The van der Waals surface area contributed by atoms with E-state index in [1.54, 1.807) is 0 Å². The molecule has 0 saturated carbocycles. The summed E-state index contributed by atoms with van der Waals surface area (Å²) >= 11 is 0. The van der Waals surface area contributed by atoms with E-state index in [9.17, 15) is 9.59 Å². The summed E-state index contributed by atoms with van der Waals surface area (Å²) in [4.78, 5) is 29.2. The van der Waals surface area contributed by atoms with E-state index < -0.39 is 11.5 Å². The molecule has 1 atom stereocenters. The number of carbonyl (C=O) groups is 1. The van der Waals surface area contributed by atoms with Gasteiger partial charge < -0.3 is 10.1 Å². The van der Waals surface area contributed by atoms with E-state index in [0.717, 1.165) is 25.5 Å². The quantitative estimate of drug-likeness (QED) is 0.870. The largest absolute Gasteiger partial charge is 0.477 e. The van der Waals surface area contributed by atoms with Crippen molar-refractivity contribution in [2.24, 2.45) is 0 Å². The molecule has 3 rings (SSSR count). The molecule has 1 unspecified atom stereocenters. The molecule has 1 aromatic carbocycles. The van der Waals surface area contributed by atoms with Crippen molar-refractivity contribution in [1.82, 2.24) is 9.97 Å². The summed E-state index contributed by atoms with van der Waals surface area (Å²) in [7, 11) is 0. The number of hydrogen-bond donors (Lipinski definition) is 2. The zero-order valence-corrected chi connectivity index (χ0v) is 10.8. The van der Waals surface area contributed by atoms with E-state index in [1.807, 2.05) is 12.1 Å². The third-order valence-corrected chi connectivity index (χ3v) is 3.78. The minimum absolute atomic E-state index is 0.139. The SMILES string of the molecule is O=C(O)c1cnc(C2CCc3ccccc3C2)[nH]c1=O. The van der Waals surface area contributed by atoms with Crippen molar-refractivity contribution in [3.8, 4) is 0 Å². The smallest absolute Gasteiger partial charge is 0.342 e. The third kappa shape index (κ3) is 2.22. The van der Waals surface area contributed by atoms with E-state index >= 15 is 0 Å². The Kier molecular flexibility index (Phi) is 3.10. The minimum atomic E-state index is -1.25. The molecule has 0 amide bonds. The van der Waals surface area contributed by atoms with Crippen LogP contribution in [0.25, 0.3) is 0 Å². The van der Waals surface area contributed by atoms with Crippen molar-refractivity contribution in [2.75, 3.05) is 0 Å². The standard InChI is InChI=1S/C15H14N2O3/c18-14-12(15(19)20)8-16-13(17-14)11-6-5-9-3-1-2-4-10(9)7-11/h1-4,8,11H,5-7H2,(H,19,20)(H,16,17,18). The number of carboxylic acids is 1. The molecule has 0 bridgehead atoms. The van der Waals surface area contributed by atoms with Crippen LogP contribution in [-0.2, 0) is 12.8 Å². The van der Waals surface area contributed by atoms with Crippen molar-refractivity contribution in [3.05, 3.63) is 63.3 Å². The Bertz CT molecular complexity index is 721. The first kappa shape index (κ1) is 12.6. The normalized spacial score (nSPS) is 17.5. The molecule has 1 aliphatic rings. The highest BCUT2D eigenvalue weighted by Crippen LogP contribution is 2.30. The van der Waals surface area contributed by atoms with Gasteiger partial charge in [-0.2, -0.15) is 0 Å². The molecule has 2 aromatic rings. The molecule has 5 heteroatoms. The number of aromatic amines is 1. The van der Waals surface area contributed by atoms with E-state index in [4.69, 9.17) is 5.11 Å². The Balaban J connectivity index is 1.90. The third-order valence-electron chi connectivity index (χ3n) is 3.78. The highest BCUT2D eigenvalue weighted by molar-refractivity contribution is 5.86. The van der Waals surface area contributed by atoms with Crippen molar-refractivity contribution < 1.29 is 9.90 Å². The Morgan fingerprint density at radius 1 is 1.30 bits per heavy atom. The van der Waals surface area contributed by atoms with Gasteiger partial charge in [0.15, 0.2) is 0 Å². The van der Waals surface area contributed by atoms with E-state index in [0.29, 0.717) is 5.82 Å². The first-order chi connectivity index (χ1) is 9.65. The van der Waals surface area contributed by atoms with Crippen LogP contribution >= 0.6 is 0 Å². The van der Waals surface area contributed by atoms with Crippen LogP contribution in [0, 0.1) is 0 Å². The molecule has 0 fully saturated rings. The van der Waals surface area contributed by atoms with Crippen molar-refractivity contribution in [3.63, 3.8) is 0 Å². The second kappa shape index (κ2) is 4.92. The van der Waals surface area contributed by atoms with Crippen LogP contribution in [0.15, 0.2) is 35.3 Å². The molecule has 1 heterocycles. The van der Waals surface area contributed by atoms with Gasteiger partial charge in [0, 0.05) is 12.1 Å². The molecule has 0 spiro atoms. The molecule has 0 aliphatic heterocycles. The molecule has 5 nitrogen and oxygen atoms in total. The van der Waals surface area contributed by atoms with Gasteiger partial charge >= 0.3 is 5.97 Å². The van der Waals surface area contributed by atoms with E-state index in [2.05, 4.69) is 22.1 Å². The van der Waals surface area contributed by atoms with Gasteiger partial charge in [-0.05, 0) is 30.4 Å². The predicted octanol–water partition coefficient (Wildman–Crippen LogP) is 1.74. The summed E-state index contributed by atoms with van der Waals surface area (Å²) in [5, 5.41) is 8.84.